The molecule has 1 aliphatic rings. The molecule has 1 aromatic rings. The Morgan fingerprint density at radius 3 is 2.62 bits per heavy atom. The van der Waals surface area contributed by atoms with Crippen molar-refractivity contribution in [3.63, 3.8) is 0 Å². The number of piperidine rings is 1. The zero-order chi connectivity index (χ0) is 15.5. The van der Waals surface area contributed by atoms with E-state index in [4.69, 9.17) is 5.26 Å². The zero-order valence-corrected chi connectivity index (χ0v) is 12.8. The molecule has 0 atom stereocenters. The SMILES string of the molecule is CC(=O)CC1CCN(S(=O)(=O)c2cccc(C#N)c2)CC1. The van der Waals surface area contributed by atoms with Crippen LogP contribution in [0.15, 0.2) is 29.2 Å². The minimum absolute atomic E-state index is 0.151. The smallest absolute Gasteiger partial charge is 0.243 e. The molecule has 0 aliphatic carbocycles. The number of benzene rings is 1. The average Bonchev–Trinajstić information content (AvgIpc) is 2.47. The molecule has 0 amide bonds. The first-order valence-corrected chi connectivity index (χ1v) is 8.37. The van der Waals surface area contributed by atoms with E-state index >= 15 is 0 Å². The van der Waals surface area contributed by atoms with Crippen LogP contribution in [0.1, 0.15) is 31.7 Å². The topological polar surface area (TPSA) is 78.2 Å². The number of carbonyl (C=O) groups is 1. The summed E-state index contributed by atoms with van der Waals surface area (Å²) in [4.78, 5) is 11.3. The van der Waals surface area contributed by atoms with E-state index in [1.807, 2.05) is 6.07 Å². The minimum atomic E-state index is -3.55. The van der Waals surface area contributed by atoms with Gasteiger partial charge in [0.05, 0.1) is 16.5 Å². The molecule has 2 rings (SSSR count). The monoisotopic (exact) mass is 306 g/mol. The normalized spacial score (nSPS) is 17.3. The van der Waals surface area contributed by atoms with E-state index in [0.717, 1.165) is 0 Å². The quantitative estimate of drug-likeness (QED) is 0.851. The molecule has 112 valence electrons. The van der Waals surface area contributed by atoms with Gasteiger partial charge in [0.25, 0.3) is 0 Å². The highest BCUT2D eigenvalue weighted by Crippen LogP contribution is 2.26. The van der Waals surface area contributed by atoms with Gasteiger partial charge in [0.2, 0.25) is 10.0 Å². The van der Waals surface area contributed by atoms with Gasteiger partial charge in [-0.3, -0.25) is 0 Å². The third kappa shape index (κ3) is 3.69. The fourth-order valence-electron chi connectivity index (χ4n) is 2.64. The van der Waals surface area contributed by atoms with E-state index in [9.17, 15) is 13.2 Å². The molecule has 5 nitrogen and oxygen atoms in total. The number of rotatable bonds is 4. The average molecular weight is 306 g/mol. The van der Waals surface area contributed by atoms with Crippen LogP contribution < -0.4 is 0 Å². The molecule has 0 N–H and O–H groups in total. The van der Waals surface area contributed by atoms with Crippen molar-refractivity contribution in [1.82, 2.24) is 4.31 Å². The van der Waals surface area contributed by atoms with Gasteiger partial charge in [0, 0.05) is 19.5 Å². The van der Waals surface area contributed by atoms with E-state index in [2.05, 4.69) is 0 Å². The van der Waals surface area contributed by atoms with Gasteiger partial charge in [-0.05, 0) is 43.9 Å². The summed E-state index contributed by atoms with van der Waals surface area (Å²) in [7, 11) is -3.55. The number of hydrogen-bond donors (Lipinski definition) is 0. The largest absolute Gasteiger partial charge is 0.300 e. The molecule has 0 unspecified atom stereocenters. The van der Waals surface area contributed by atoms with Crippen LogP contribution in [0.3, 0.4) is 0 Å². The number of sulfonamides is 1. The van der Waals surface area contributed by atoms with Crippen LogP contribution in [0.5, 0.6) is 0 Å². The highest BCUT2D eigenvalue weighted by molar-refractivity contribution is 7.89. The van der Waals surface area contributed by atoms with E-state index in [1.54, 1.807) is 19.1 Å². The maximum Gasteiger partial charge on any atom is 0.243 e. The van der Waals surface area contributed by atoms with E-state index in [1.165, 1.54) is 16.4 Å². The Kier molecular flexibility index (Phi) is 4.76. The summed E-state index contributed by atoms with van der Waals surface area (Å²) in [5.41, 5.74) is 0.336. The molecule has 0 bridgehead atoms. The van der Waals surface area contributed by atoms with Crippen molar-refractivity contribution in [1.29, 1.82) is 5.26 Å². The highest BCUT2D eigenvalue weighted by Gasteiger charge is 2.29. The Balaban J connectivity index is 2.11. The van der Waals surface area contributed by atoms with Crippen molar-refractivity contribution in [3.05, 3.63) is 29.8 Å². The molecule has 0 radical (unpaired) electrons. The van der Waals surface area contributed by atoms with Crippen LogP contribution in [0, 0.1) is 17.2 Å². The fourth-order valence-corrected chi connectivity index (χ4v) is 4.15. The predicted octanol–water partition coefficient (Wildman–Crippen LogP) is 1.94. The van der Waals surface area contributed by atoms with Gasteiger partial charge in [-0.25, -0.2) is 8.42 Å². The lowest BCUT2D eigenvalue weighted by molar-refractivity contribution is -0.118. The van der Waals surface area contributed by atoms with E-state index in [0.29, 0.717) is 37.9 Å². The van der Waals surface area contributed by atoms with Gasteiger partial charge in [0.15, 0.2) is 0 Å². The first kappa shape index (κ1) is 15.7. The van der Waals surface area contributed by atoms with Crippen LogP contribution in [0.25, 0.3) is 0 Å². The molecular formula is C15H18N2O3S. The van der Waals surface area contributed by atoms with Gasteiger partial charge >= 0.3 is 0 Å². The Hall–Kier alpha value is -1.71. The van der Waals surface area contributed by atoms with Crippen LogP contribution in [0.4, 0.5) is 0 Å². The number of ketones is 1. The van der Waals surface area contributed by atoms with Gasteiger partial charge < -0.3 is 4.79 Å². The molecule has 21 heavy (non-hydrogen) atoms. The Bertz CT molecular complexity index is 668. The third-order valence-electron chi connectivity index (χ3n) is 3.75. The van der Waals surface area contributed by atoms with Gasteiger partial charge in [-0.2, -0.15) is 9.57 Å². The van der Waals surface area contributed by atoms with Crippen LogP contribution >= 0.6 is 0 Å². The second-order valence-corrected chi connectivity index (χ2v) is 7.33. The lowest BCUT2D eigenvalue weighted by Gasteiger charge is -2.30. The first-order valence-electron chi connectivity index (χ1n) is 6.93. The van der Waals surface area contributed by atoms with Gasteiger partial charge in [0.1, 0.15) is 5.78 Å². The lowest BCUT2D eigenvalue weighted by Crippen LogP contribution is -2.38. The Morgan fingerprint density at radius 2 is 2.05 bits per heavy atom. The van der Waals surface area contributed by atoms with Crippen LogP contribution in [-0.2, 0) is 14.8 Å². The number of nitriles is 1. The number of hydrogen-bond acceptors (Lipinski definition) is 4. The maximum atomic E-state index is 12.5. The second kappa shape index (κ2) is 6.37. The molecule has 1 heterocycles. The van der Waals surface area contributed by atoms with Crippen molar-refractivity contribution in [2.45, 2.75) is 31.1 Å². The summed E-state index contributed by atoms with van der Waals surface area (Å²) < 4.78 is 26.5. The molecular weight excluding hydrogens is 288 g/mol. The van der Waals surface area contributed by atoms with Crippen molar-refractivity contribution >= 4 is 15.8 Å². The minimum Gasteiger partial charge on any atom is -0.300 e. The van der Waals surface area contributed by atoms with Crippen molar-refractivity contribution < 1.29 is 13.2 Å². The summed E-state index contributed by atoms with van der Waals surface area (Å²) in [6.07, 6.45) is 1.94. The van der Waals surface area contributed by atoms with Gasteiger partial charge in [-0.1, -0.05) is 6.07 Å². The van der Waals surface area contributed by atoms with E-state index < -0.39 is 10.0 Å². The van der Waals surface area contributed by atoms with Crippen molar-refractivity contribution in [2.75, 3.05) is 13.1 Å². The maximum absolute atomic E-state index is 12.5. The Morgan fingerprint density at radius 1 is 1.38 bits per heavy atom. The molecule has 1 fully saturated rings. The summed E-state index contributed by atoms with van der Waals surface area (Å²) in [5.74, 6) is 0.428. The molecule has 1 aliphatic heterocycles. The summed E-state index contributed by atoms with van der Waals surface area (Å²) in [6, 6.07) is 8.02. The molecule has 0 saturated carbocycles. The van der Waals surface area contributed by atoms with Gasteiger partial charge in [-0.15, -0.1) is 0 Å². The standard InChI is InChI=1S/C15H18N2O3S/c1-12(18)9-13-5-7-17(8-6-13)21(19,20)15-4-2-3-14(10-15)11-16/h2-4,10,13H,5-9H2,1H3. The molecule has 0 spiro atoms. The molecule has 1 aromatic carbocycles. The lowest BCUT2D eigenvalue weighted by atomic mass is 9.93. The molecule has 6 heteroatoms. The van der Waals surface area contributed by atoms with E-state index in [-0.39, 0.29) is 16.6 Å². The summed E-state index contributed by atoms with van der Waals surface area (Å²) in [5, 5.41) is 8.87. The predicted molar refractivity (Wildman–Crippen MR) is 77.9 cm³/mol. The van der Waals surface area contributed by atoms with Crippen molar-refractivity contribution in [2.24, 2.45) is 5.92 Å². The molecule has 1 saturated heterocycles. The fraction of sp³-hybridized carbons (Fsp3) is 0.467. The van der Waals surface area contributed by atoms with Crippen molar-refractivity contribution in [3.8, 4) is 6.07 Å². The zero-order valence-electron chi connectivity index (χ0n) is 11.9. The number of Topliss-reactive ketones (excluding diaryl/α,β-unsaturated/α-hetero) is 1. The third-order valence-corrected chi connectivity index (χ3v) is 5.65. The van der Waals surface area contributed by atoms with Crippen LogP contribution in [-0.4, -0.2) is 31.6 Å². The molecule has 0 aromatic heterocycles. The van der Waals surface area contributed by atoms with Crippen LogP contribution in [0.2, 0.25) is 0 Å². The second-order valence-electron chi connectivity index (χ2n) is 5.39. The number of carbonyl (C=O) groups excluding carboxylic acids is 1. The summed E-state index contributed by atoms with van der Waals surface area (Å²) in [6.45, 7) is 2.42. The first-order chi connectivity index (χ1) is 9.93. The summed E-state index contributed by atoms with van der Waals surface area (Å²) >= 11 is 0. The number of nitrogens with zero attached hydrogens (tertiary/aromatic N) is 2. The highest BCUT2D eigenvalue weighted by atomic mass is 32.2. The Labute approximate surface area is 125 Å².